The molecular weight excluding hydrogens is 300 g/mol. The van der Waals surface area contributed by atoms with Gasteiger partial charge in [0.15, 0.2) is 0 Å². The van der Waals surface area contributed by atoms with Crippen molar-refractivity contribution in [3.63, 3.8) is 0 Å². The molecule has 1 aromatic rings. The topological polar surface area (TPSA) is 75.3 Å². The molecule has 0 heterocycles. The molecule has 122 valence electrons. The number of hydrogen-bond donors (Lipinski definition) is 2. The maximum Gasteiger partial charge on any atom is 0.253 e. The smallest absolute Gasteiger partial charge is 0.253 e. The van der Waals surface area contributed by atoms with Gasteiger partial charge >= 0.3 is 0 Å². The van der Waals surface area contributed by atoms with Gasteiger partial charge in [0.25, 0.3) is 5.91 Å². The molecule has 0 radical (unpaired) electrons. The van der Waals surface area contributed by atoms with Crippen molar-refractivity contribution < 1.29 is 13.2 Å². The Kier molecular flexibility index (Phi) is 5.83. The highest BCUT2D eigenvalue weighted by Gasteiger charge is 2.15. The van der Waals surface area contributed by atoms with Crippen LogP contribution >= 0.6 is 0 Å². The summed E-state index contributed by atoms with van der Waals surface area (Å²) in [6.45, 7) is 0.628. The highest BCUT2D eigenvalue weighted by atomic mass is 32.2. The maximum absolute atomic E-state index is 12.2. The van der Waals surface area contributed by atoms with E-state index in [0.717, 1.165) is 25.0 Å². The molecule has 2 N–H and O–H groups in total. The first-order valence-electron chi connectivity index (χ1n) is 7.81. The summed E-state index contributed by atoms with van der Waals surface area (Å²) >= 11 is 0. The number of benzene rings is 1. The van der Waals surface area contributed by atoms with E-state index in [-0.39, 0.29) is 5.91 Å². The average Bonchev–Trinajstić information content (AvgIpc) is 2.95. The Labute approximate surface area is 132 Å². The van der Waals surface area contributed by atoms with Gasteiger partial charge in [0.05, 0.1) is 17.5 Å². The molecule has 0 unspecified atom stereocenters. The molecular formula is C16H24N2O3S. The molecule has 2 rings (SSSR count). The lowest BCUT2D eigenvalue weighted by Gasteiger charge is -2.12. The van der Waals surface area contributed by atoms with Gasteiger partial charge in [0, 0.05) is 6.54 Å². The number of amides is 1. The zero-order valence-electron chi connectivity index (χ0n) is 13.0. The molecule has 6 heteroatoms. The maximum atomic E-state index is 12.2. The molecule has 1 aliphatic rings. The zero-order valence-corrected chi connectivity index (χ0v) is 13.8. The van der Waals surface area contributed by atoms with Crippen LogP contribution in [0.5, 0.6) is 0 Å². The van der Waals surface area contributed by atoms with Crippen LogP contribution in [0.2, 0.25) is 0 Å². The fourth-order valence-electron chi connectivity index (χ4n) is 2.96. The molecule has 5 nitrogen and oxygen atoms in total. The van der Waals surface area contributed by atoms with Gasteiger partial charge in [0.2, 0.25) is 10.0 Å². The second-order valence-corrected chi connectivity index (χ2v) is 7.72. The summed E-state index contributed by atoms with van der Waals surface area (Å²) in [7, 11) is -3.40. The van der Waals surface area contributed by atoms with Crippen molar-refractivity contribution >= 4 is 21.6 Å². The van der Waals surface area contributed by atoms with Crippen LogP contribution in [0.25, 0.3) is 0 Å². The fraction of sp³-hybridized carbons (Fsp3) is 0.562. The normalized spacial score (nSPS) is 15.7. The number of nitrogens with one attached hydrogen (secondary N) is 2. The lowest BCUT2D eigenvalue weighted by Crippen LogP contribution is -2.26. The number of carbonyl (C=O) groups is 1. The van der Waals surface area contributed by atoms with Crippen LogP contribution in [-0.4, -0.2) is 27.1 Å². The van der Waals surface area contributed by atoms with Crippen LogP contribution in [-0.2, 0) is 10.0 Å². The average molecular weight is 324 g/mol. The SMILES string of the molecule is CS(=O)(=O)Nc1ccccc1C(=O)NCCCC1CCCC1. The third-order valence-electron chi connectivity index (χ3n) is 4.02. The fourth-order valence-corrected chi connectivity index (χ4v) is 3.53. The van der Waals surface area contributed by atoms with Crippen molar-refractivity contribution in [2.24, 2.45) is 5.92 Å². The molecule has 0 spiro atoms. The zero-order chi connectivity index (χ0) is 16.0. The summed E-state index contributed by atoms with van der Waals surface area (Å²) in [5.41, 5.74) is 0.673. The van der Waals surface area contributed by atoms with E-state index in [1.54, 1.807) is 24.3 Å². The van der Waals surface area contributed by atoms with Crippen molar-refractivity contribution in [2.75, 3.05) is 17.5 Å². The van der Waals surface area contributed by atoms with Crippen molar-refractivity contribution in [3.8, 4) is 0 Å². The van der Waals surface area contributed by atoms with E-state index in [2.05, 4.69) is 10.0 Å². The molecule has 22 heavy (non-hydrogen) atoms. The molecule has 0 aliphatic heterocycles. The molecule has 1 aromatic carbocycles. The van der Waals surface area contributed by atoms with E-state index < -0.39 is 10.0 Å². The predicted molar refractivity (Wildman–Crippen MR) is 88.4 cm³/mol. The van der Waals surface area contributed by atoms with E-state index in [1.807, 2.05) is 0 Å². The van der Waals surface area contributed by atoms with Crippen molar-refractivity contribution in [3.05, 3.63) is 29.8 Å². The van der Waals surface area contributed by atoms with Gasteiger partial charge in [-0.1, -0.05) is 37.8 Å². The molecule has 0 bridgehead atoms. The van der Waals surface area contributed by atoms with Gasteiger partial charge in [-0.3, -0.25) is 9.52 Å². The summed E-state index contributed by atoms with van der Waals surface area (Å²) in [5.74, 6) is 0.578. The second-order valence-electron chi connectivity index (χ2n) is 5.97. The largest absolute Gasteiger partial charge is 0.352 e. The van der Waals surface area contributed by atoms with Crippen LogP contribution in [0.3, 0.4) is 0 Å². The predicted octanol–water partition coefficient (Wildman–Crippen LogP) is 2.76. The minimum absolute atomic E-state index is 0.238. The third-order valence-corrected chi connectivity index (χ3v) is 4.61. The number of sulfonamides is 1. The summed E-state index contributed by atoms with van der Waals surface area (Å²) in [4.78, 5) is 12.2. The number of hydrogen-bond acceptors (Lipinski definition) is 3. The van der Waals surface area contributed by atoms with Gasteiger partial charge in [-0.05, 0) is 30.9 Å². The van der Waals surface area contributed by atoms with Gasteiger partial charge < -0.3 is 5.32 Å². The molecule has 1 amide bonds. The van der Waals surface area contributed by atoms with Crippen LogP contribution in [0.15, 0.2) is 24.3 Å². The molecule has 0 saturated heterocycles. The highest BCUT2D eigenvalue weighted by Crippen LogP contribution is 2.28. The number of rotatable bonds is 7. The summed E-state index contributed by atoms with van der Waals surface area (Å²) in [6.07, 6.45) is 8.50. The molecule has 0 aromatic heterocycles. The van der Waals surface area contributed by atoms with Gasteiger partial charge in [-0.15, -0.1) is 0 Å². The van der Waals surface area contributed by atoms with Crippen molar-refractivity contribution in [1.29, 1.82) is 0 Å². The first kappa shape index (κ1) is 16.8. The van der Waals surface area contributed by atoms with E-state index in [1.165, 1.54) is 25.7 Å². The minimum Gasteiger partial charge on any atom is -0.352 e. The quantitative estimate of drug-likeness (QED) is 0.757. The van der Waals surface area contributed by atoms with E-state index in [0.29, 0.717) is 17.8 Å². The third kappa shape index (κ3) is 5.33. The molecule has 1 fully saturated rings. The molecule has 0 atom stereocenters. The number of para-hydroxylation sites is 1. The molecule has 1 saturated carbocycles. The Morgan fingerprint density at radius 3 is 2.59 bits per heavy atom. The van der Waals surface area contributed by atoms with Crippen LogP contribution in [0.1, 0.15) is 48.9 Å². The first-order chi connectivity index (χ1) is 10.5. The van der Waals surface area contributed by atoms with Crippen LogP contribution in [0, 0.1) is 5.92 Å². The lowest BCUT2D eigenvalue weighted by atomic mass is 10.0. The summed E-state index contributed by atoms with van der Waals surface area (Å²) < 4.78 is 25.1. The van der Waals surface area contributed by atoms with Crippen molar-refractivity contribution in [1.82, 2.24) is 5.32 Å². The number of carbonyl (C=O) groups excluding carboxylic acids is 1. The second kappa shape index (κ2) is 7.63. The molecule has 1 aliphatic carbocycles. The summed E-state index contributed by atoms with van der Waals surface area (Å²) in [6, 6.07) is 6.64. The lowest BCUT2D eigenvalue weighted by molar-refractivity contribution is 0.0953. The highest BCUT2D eigenvalue weighted by molar-refractivity contribution is 7.92. The number of anilines is 1. The van der Waals surface area contributed by atoms with Crippen LogP contribution in [0.4, 0.5) is 5.69 Å². The van der Waals surface area contributed by atoms with E-state index in [9.17, 15) is 13.2 Å². The monoisotopic (exact) mass is 324 g/mol. The first-order valence-corrected chi connectivity index (χ1v) is 9.70. The standard InChI is InChI=1S/C16H24N2O3S/c1-22(20,21)18-15-11-5-4-10-14(15)16(19)17-12-6-9-13-7-2-3-8-13/h4-5,10-11,13,18H,2-3,6-9,12H2,1H3,(H,17,19). The van der Waals surface area contributed by atoms with Crippen molar-refractivity contribution in [2.45, 2.75) is 38.5 Å². The van der Waals surface area contributed by atoms with Crippen LogP contribution < -0.4 is 10.0 Å². The Bertz CT molecular complexity index is 608. The Hall–Kier alpha value is -1.56. The van der Waals surface area contributed by atoms with Gasteiger partial charge in [0.1, 0.15) is 0 Å². The minimum atomic E-state index is -3.40. The summed E-state index contributed by atoms with van der Waals surface area (Å²) in [5, 5.41) is 2.88. The van der Waals surface area contributed by atoms with E-state index >= 15 is 0 Å². The van der Waals surface area contributed by atoms with Gasteiger partial charge in [-0.25, -0.2) is 8.42 Å². The Balaban J connectivity index is 1.86. The van der Waals surface area contributed by atoms with E-state index in [4.69, 9.17) is 0 Å². The Morgan fingerprint density at radius 2 is 1.91 bits per heavy atom. The Morgan fingerprint density at radius 1 is 1.23 bits per heavy atom. The van der Waals surface area contributed by atoms with Gasteiger partial charge in [-0.2, -0.15) is 0 Å².